The average molecular weight is 497 g/mol. The number of ether oxygens (including phenoxy) is 3. The molecular weight excluding hydrogens is 460 g/mol. The van der Waals surface area contributed by atoms with Crippen molar-refractivity contribution < 1.29 is 28.9 Å². The molecule has 1 amide bonds. The number of hydrogen-bond donors (Lipinski definition) is 1. The number of benzene rings is 2. The molecule has 0 saturated carbocycles. The largest absolute Gasteiger partial charge is 0.507 e. The summed E-state index contributed by atoms with van der Waals surface area (Å²) in [5.74, 6) is 0.0529. The number of carbonyl (C=O) groups excluding carboxylic acids is 2. The summed E-state index contributed by atoms with van der Waals surface area (Å²) in [6.45, 7) is 10.5. The molecular formula is C28H36N2O6. The monoisotopic (exact) mass is 496 g/mol. The lowest BCUT2D eigenvalue weighted by Gasteiger charge is -2.29. The number of hydrogen-bond acceptors (Lipinski definition) is 7. The third kappa shape index (κ3) is 5.65. The fourth-order valence-electron chi connectivity index (χ4n) is 4.40. The minimum absolute atomic E-state index is 0.00102. The van der Waals surface area contributed by atoms with Gasteiger partial charge in [-0.2, -0.15) is 0 Å². The van der Waals surface area contributed by atoms with Gasteiger partial charge in [-0.1, -0.05) is 13.8 Å². The van der Waals surface area contributed by atoms with Gasteiger partial charge in [-0.25, -0.2) is 0 Å². The lowest BCUT2D eigenvalue weighted by molar-refractivity contribution is -0.140. The number of ketones is 1. The van der Waals surface area contributed by atoms with E-state index >= 15 is 0 Å². The first-order valence-electron chi connectivity index (χ1n) is 12.2. The molecule has 0 unspecified atom stereocenters. The van der Waals surface area contributed by atoms with E-state index in [2.05, 4.69) is 4.90 Å². The zero-order valence-electron chi connectivity index (χ0n) is 21.9. The van der Waals surface area contributed by atoms with E-state index in [1.807, 2.05) is 27.7 Å². The van der Waals surface area contributed by atoms with E-state index in [-0.39, 0.29) is 17.4 Å². The zero-order valence-corrected chi connectivity index (χ0v) is 21.9. The molecule has 8 nitrogen and oxygen atoms in total. The lowest BCUT2D eigenvalue weighted by Crippen LogP contribution is -2.38. The average Bonchev–Trinajstić information content (AvgIpc) is 3.13. The summed E-state index contributed by atoms with van der Waals surface area (Å²) < 4.78 is 16.7. The predicted octanol–water partition coefficient (Wildman–Crippen LogP) is 4.25. The van der Waals surface area contributed by atoms with Gasteiger partial charge in [0.2, 0.25) is 0 Å². The Balaban J connectivity index is 2.15. The van der Waals surface area contributed by atoms with Crippen LogP contribution in [-0.2, 0) is 9.59 Å². The van der Waals surface area contributed by atoms with Gasteiger partial charge >= 0.3 is 0 Å². The Bertz CT molecular complexity index is 1110. The first kappa shape index (κ1) is 27.1. The molecule has 1 aliphatic heterocycles. The smallest absolute Gasteiger partial charge is 0.295 e. The molecule has 0 radical (unpaired) electrons. The molecule has 2 aromatic carbocycles. The Labute approximate surface area is 213 Å². The van der Waals surface area contributed by atoms with Gasteiger partial charge in [-0.3, -0.25) is 9.59 Å². The SMILES string of the molecule is CCN(CC)CCN1C(=O)C(=O)/C(=C(/O)c2ccc(OC(C)C)cc2)[C@@H]1c1cc(OC)ccc1OC. The van der Waals surface area contributed by atoms with Crippen LogP contribution in [0.2, 0.25) is 0 Å². The summed E-state index contributed by atoms with van der Waals surface area (Å²) in [6, 6.07) is 11.2. The maximum absolute atomic E-state index is 13.3. The van der Waals surface area contributed by atoms with E-state index in [9.17, 15) is 14.7 Å². The molecule has 0 bridgehead atoms. The van der Waals surface area contributed by atoms with Crippen molar-refractivity contribution in [1.29, 1.82) is 0 Å². The summed E-state index contributed by atoms with van der Waals surface area (Å²) in [4.78, 5) is 30.3. The molecule has 1 N–H and O–H groups in total. The van der Waals surface area contributed by atoms with Crippen molar-refractivity contribution in [2.45, 2.75) is 39.8 Å². The van der Waals surface area contributed by atoms with Crippen LogP contribution in [0.5, 0.6) is 17.2 Å². The zero-order chi connectivity index (χ0) is 26.4. The van der Waals surface area contributed by atoms with E-state index in [4.69, 9.17) is 14.2 Å². The number of aliphatic hydroxyl groups excluding tert-OH is 1. The maximum Gasteiger partial charge on any atom is 0.295 e. The molecule has 0 aliphatic carbocycles. The van der Waals surface area contributed by atoms with Gasteiger partial charge in [-0.05, 0) is 69.4 Å². The summed E-state index contributed by atoms with van der Waals surface area (Å²) in [5, 5.41) is 11.3. The number of amides is 1. The van der Waals surface area contributed by atoms with Crippen molar-refractivity contribution in [3.8, 4) is 17.2 Å². The number of nitrogens with zero attached hydrogens (tertiary/aromatic N) is 2. The molecule has 1 fully saturated rings. The molecule has 1 atom stereocenters. The highest BCUT2D eigenvalue weighted by atomic mass is 16.5. The van der Waals surface area contributed by atoms with Gasteiger partial charge in [0.05, 0.1) is 31.9 Å². The van der Waals surface area contributed by atoms with E-state index in [1.54, 1.807) is 49.6 Å². The molecule has 0 spiro atoms. The molecule has 1 aliphatic rings. The molecule has 2 aromatic rings. The van der Waals surface area contributed by atoms with Gasteiger partial charge < -0.3 is 29.1 Å². The topological polar surface area (TPSA) is 88.5 Å². The minimum atomic E-state index is -0.836. The number of rotatable bonds is 11. The third-order valence-corrected chi connectivity index (χ3v) is 6.32. The summed E-state index contributed by atoms with van der Waals surface area (Å²) in [6.07, 6.45) is 0.00102. The van der Waals surface area contributed by atoms with Gasteiger partial charge in [0.15, 0.2) is 0 Å². The van der Waals surface area contributed by atoms with Crippen LogP contribution in [-0.4, -0.2) is 73.1 Å². The van der Waals surface area contributed by atoms with Crippen LogP contribution in [0.15, 0.2) is 48.0 Å². The number of likely N-dealkylation sites (N-methyl/N-ethyl adjacent to an activating group) is 1. The van der Waals surface area contributed by atoms with Crippen molar-refractivity contribution in [1.82, 2.24) is 9.80 Å². The minimum Gasteiger partial charge on any atom is -0.507 e. The van der Waals surface area contributed by atoms with Crippen LogP contribution >= 0.6 is 0 Å². The van der Waals surface area contributed by atoms with Crippen LogP contribution in [0.25, 0.3) is 5.76 Å². The second-order valence-electron chi connectivity index (χ2n) is 8.82. The van der Waals surface area contributed by atoms with Crippen LogP contribution in [0.1, 0.15) is 44.9 Å². The summed E-state index contributed by atoms with van der Waals surface area (Å²) in [7, 11) is 3.07. The highest BCUT2D eigenvalue weighted by Crippen LogP contribution is 2.43. The van der Waals surface area contributed by atoms with E-state index < -0.39 is 17.7 Å². The lowest BCUT2D eigenvalue weighted by atomic mass is 9.94. The quantitative estimate of drug-likeness (QED) is 0.283. The Morgan fingerprint density at radius 2 is 1.64 bits per heavy atom. The fourth-order valence-corrected chi connectivity index (χ4v) is 4.40. The molecule has 0 aromatic heterocycles. The molecule has 1 saturated heterocycles. The number of carbonyl (C=O) groups is 2. The summed E-state index contributed by atoms with van der Waals surface area (Å²) in [5.41, 5.74) is 1.00. The summed E-state index contributed by atoms with van der Waals surface area (Å²) >= 11 is 0. The van der Waals surface area contributed by atoms with E-state index in [0.717, 1.165) is 13.1 Å². The first-order chi connectivity index (χ1) is 17.2. The van der Waals surface area contributed by atoms with Gasteiger partial charge in [0.1, 0.15) is 23.0 Å². The molecule has 194 valence electrons. The van der Waals surface area contributed by atoms with Crippen molar-refractivity contribution in [3.63, 3.8) is 0 Å². The number of Topliss-reactive ketones (excluding diaryl/α,β-unsaturated/α-hetero) is 1. The Hall–Kier alpha value is -3.52. The second kappa shape index (κ2) is 11.9. The molecule has 3 rings (SSSR count). The second-order valence-corrected chi connectivity index (χ2v) is 8.82. The Kier molecular flexibility index (Phi) is 8.98. The van der Waals surface area contributed by atoms with Crippen LogP contribution < -0.4 is 14.2 Å². The molecule has 8 heteroatoms. The van der Waals surface area contributed by atoms with Crippen LogP contribution in [0.3, 0.4) is 0 Å². The van der Waals surface area contributed by atoms with Gasteiger partial charge in [0, 0.05) is 24.2 Å². The number of likely N-dealkylation sites (tertiary alicyclic amines) is 1. The van der Waals surface area contributed by atoms with E-state index in [1.165, 1.54) is 12.0 Å². The first-order valence-corrected chi connectivity index (χ1v) is 12.2. The van der Waals surface area contributed by atoms with Gasteiger partial charge in [-0.15, -0.1) is 0 Å². The van der Waals surface area contributed by atoms with Crippen molar-refractivity contribution >= 4 is 17.4 Å². The Morgan fingerprint density at radius 3 is 2.19 bits per heavy atom. The number of methoxy groups -OCH3 is 2. The number of aliphatic hydroxyl groups is 1. The van der Waals surface area contributed by atoms with Crippen LogP contribution in [0, 0.1) is 0 Å². The van der Waals surface area contributed by atoms with Crippen molar-refractivity contribution in [3.05, 3.63) is 59.2 Å². The fraction of sp³-hybridized carbons (Fsp3) is 0.429. The molecule has 36 heavy (non-hydrogen) atoms. The standard InChI is InChI=1S/C28H36N2O6/c1-7-29(8-2)15-16-30-25(22-17-21(34-5)13-14-23(22)35-6)24(27(32)28(30)33)26(31)19-9-11-20(12-10-19)36-18(3)4/h9-14,17-18,25,31H,7-8,15-16H2,1-6H3/b26-24+/t25-/m0/s1. The normalized spacial score (nSPS) is 17.2. The molecule has 1 heterocycles. The maximum atomic E-state index is 13.3. The van der Waals surface area contributed by atoms with E-state index in [0.29, 0.717) is 41.5 Å². The highest BCUT2D eigenvalue weighted by molar-refractivity contribution is 6.46. The predicted molar refractivity (Wildman–Crippen MR) is 139 cm³/mol. The van der Waals surface area contributed by atoms with Crippen molar-refractivity contribution in [2.24, 2.45) is 0 Å². The third-order valence-electron chi connectivity index (χ3n) is 6.32. The van der Waals surface area contributed by atoms with Crippen LogP contribution in [0.4, 0.5) is 0 Å². The van der Waals surface area contributed by atoms with Gasteiger partial charge in [0.25, 0.3) is 11.7 Å². The Morgan fingerprint density at radius 1 is 1.00 bits per heavy atom. The van der Waals surface area contributed by atoms with Crippen molar-refractivity contribution in [2.75, 3.05) is 40.4 Å². The highest BCUT2D eigenvalue weighted by Gasteiger charge is 2.47.